The van der Waals surface area contributed by atoms with Gasteiger partial charge in [-0.25, -0.2) is 4.79 Å². The summed E-state index contributed by atoms with van der Waals surface area (Å²) < 4.78 is 1.75. The Kier molecular flexibility index (Phi) is 4.86. The average molecular weight is 296 g/mol. The van der Waals surface area contributed by atoms with Gasteiger partial charge in [-0.1, -0.05) is 0 Å². The predicted octanol–water partition coefficient (Wildman–Crippen LogP) is 0.690. The summed E-state index contributed by atoms with van der Waals surface area (Å²) in [5.41, 5.74) is 0.00309. The molecule has 20 heavy (non-hydrogen) atoms. The minimum atomic E-state index is 0.00309. The van der Waals surface area contributed by atoms with Crippen LogP contribution in [0.1, 0.15) is 12.8 Å². The van der Waals surface area contributed by atoms with Crippen LogP contribution in [0.4, 0.5) is 0 Å². The number of aromatic amines is 1. The van der Waals surface area contributed by atoms with Crippen LogP contribution in [0.3, 0.4) is 0 Å². The highest BCUT2D eigenvalue weighted by Crippen LogP contribution is 2.22. The van der Waals surface area contributed by atoms with Crippen LogP contribution in [-0.4, -0.2) is 69.6 Å². The quantitative estimate of drug-likeness (QED) is 0.888. The van der Waals surface area contributed by atoms with E-state index in [0.717, 1.165) is 32.2 Å². The van der Waals surface area contributed by atoms with Crippen LogP contribution in [0.25, 0.3) is 0 Å². The Labute approximate surface area is 124 Å². The van der Waals surface area contributed by atoms with Crippen molar-refractivity contribution in [3.05, 3.63) is 22.9 Å². The van der Waals surface area contributed by atoms with E-state index in [-0.39, 0.29) is 5.69 Å². The highest BCUT2D eigenvalue weighted by Gasteiger charge is 2.24. The molecule has 2 fully saturated rings. The maximum Gasteiger partial charge on any atom is 0.325 e. The third-order valence-corrected chi connectivity index (χ3v) is 5.54. The van der Waals surface area contributed by atoms with Crippen molar-refractivity contribution in [1.82, 2.24) is 19.4 Å². The lowest BCUT2D eigenvalue weighted by Crippen LogP contribution is -2.51. The van der Waals surface area contributed by atoms with E-state index in [9.17, 15) is 4.79 Å². The average Bonchev–Trinajstić information content (AvgIpc) is 2.92. The van der Waals surface area contributed by atoms with E-state index in [1.165, 1.54) is 37.4 Å². The molecule has 1 aromatic rings. The van der Waals surface area contributed by atoms with Crippen molar-refractivity contribution in [2.45, 2.75) is 25.4 Å². The number of thioether (sulfide) groups is 1. The molecular weight excluding hydrogens is 272 g/mol. The number of piperazine rings is 1. The first-order chi connectivity index (χ1) is 9.83. The molecule has 1 N–H and O–H groups in total. The Bertz CT molecular complexity index is 458. The summed E-state index contributed by atoms with van der Waals surface area (Å²) in [5, 5.41) is 0. The molecule has 2 aliphatic heterocycles. The number of nitrogens with one attached hydrogen (secondary N) is 1. The largest absolute Gasteiger partial charge is 0.325 e. The van der Waals surface area contributed by atoms with E-state index in [2.05, 4.69) is 26.5 Å². The molecule has 0 amide bonds. The molecule has 2 aliphatic rings. The number of aromatic nitrogens is 2. The van der Waals surface area contributed by atoms with E-state index in [1.54, 1.807) is 10.8 Å². The number of imidazole rings is 1. The number of hydrogen-bond acceptors (Lipinski definition) is 4. The third kappa shape index (κ3) is 3.48. The van der Waals surface area contributed by atoms with Gasteiger partial charge in [0.25, 0.3) is 0 Å². The molecule has 112 valence electrons. The van der Waals surface area contributed by atoms with Crippen LogP contribution in [0.5, 0.6) is 0 Å². The molecule has 0 unspecified atom stereocenters. The zero-order chi connectivity index (χ0) is 13.8. The lowest BCUT2D eigenvalue weighted by atomic mass is 10.1. The highest BCUT2D eigenvalue weighted by molar-refractivity contribution is 7.99. The van der Waals surface area contributed by atoms with Crippen molar-refractivity contribution in [3.8, 4) is 0 Å². The smallest absolute Gasteiger partial charge is 0.313 e. The summed E-state index contributed by atoms with van der Waals surface area (Å²) >= 11 is 2.10. The van der Waals surface area contributed by atoms with Crippen LogP contribution in [0, 0.1) is 0 Å². The van der Waals surface area contributed by atoms with Gasteiger partial charge in [0, 0.05) is 57.7 Å². The summed E-state index contributed by atoms with van der Waals surface area (Å²) in [4.78, 5) is 19.3. The lowest BCUT2D eigenvalue weighted by Gasteiger charge is -2.40. The van der Waals surface area contributed by atoms with Gasteiger partial charge in [0.15, 0.2) is 0 Å². The fourth-order valence-electron chi connectivity index (χ4n) is 3.18. The van der Waals surface area contributed by atoms with Gasteiger partial charge in [-0.3, -0.25) is 14.4 Å². The number of nitrogens with zero attached hydrogens (tertiary/aromatic N) is 3. The molecule has 0 bridgehead atoms. The second-order valence-corrected chi connectivity index (χ2v) is 6.90. The monoisotopic (exact) mass is 296 g/mol. The molecule has 0 aliphatic carbocycles. The zero-order valence-corrected chi connectivity index (χ0v) is 12.8. The van der Waals surface area contributed by atoms with Gasteiger partial charge in [-0.05, 0) is 24.3 Å². The summed E-state index contributed by atoms with van der Waals surface area (Å²) in [5.74, 6) is 2.67. The maximum atomic E-state index is 11.4. The zero-order valence-electron chi connectivity index (χ0n) is 12.0. The van der Waals surface area contributed by atoms with Crippen molar-refractivity contribution in [1.29, 1.82) is 0 Å². The summed E-state index contributed by atoms with van der Waals surface area (Å²) in [6.45, 7) is 6.44. The molecule has 1 aromatic heterocycles. The van der Waals surface area contributed by atoms with Crippen LogP contribution >= 0.6 is 11.8 Å². The van der Waals surface area contributed by atoms with Gasteiger partial charge < -0.3 is 4.98 Å². The van der Waals surface area contributed by atoms with Crippen LogP contribution in [0.2, 0.25) is 0 Å². The Morgan fingerprint density at radius 1 is 1.15 bits per heavy atom. The van der Waals surface area contributed by atoms with Crippen molar-refractivity contribution < 1.29 is 0 Å². The highest BCUT2D eigenvalue weighted by atomic mass is 32.2. The topological polar surface area (TPSA) is 44.3 Å². The van der Waals surface area contributed by atoms with E-state index < -0.39 is 0 Å². The van der Waals surface area contributed by atoms with Crippen LogP contribution < -0.4 is 5.69 Å². The number of rotatable bonds is 4. The van der Waals surface area contributed by atoms with Gasteiger partial charge in [0.05, 0.1) is 0 Å². The van der Waals surface area contributed by atoms with Gasteiger partial charge in [0.1, 0.15) is 0 Å². The lowest BCUT2D eigenvalue weighted by molar-refractivity contribution is 0.0898. The van der Waals surface area contributed by atoms with Crippen molar-refractivity contribution in [2.75, 3.05) is 44.2 Å². The molecule has 0 saturated carbocycles. The molecule has 5 nitrogen and oxygen atoms in total. The molecule has 6 heteroatoms. The molecule has 0 aromatic carbocycles. The van der Waals surface area contributed by atoms with Crippen molar-refractivity contribution >= 4 is 11.8 Å². The van der Waals surface area contributed by atoms with Crippen LogP contribution in [-0.2, 0) is 6.54 Å². The first-order valence-corrected chi connectivity index (χ1v) is 8.76. The van der Waals surface area contributed by atoms with Gasteiger partial charge in [-0.15, -0.1) is 0 Å². The minimum Gasteiger partial charge on any atom is -0.313 e. The maximum absolute atomic E-state index is 11.4. The Morgan fingerprint density at radius 2 is 1.90 bits per heavy atom. The molecule has 3 rings (SSSR count). The predicted molar refractivity (Wildman–Crippen MR) is 83.4 cm³/mol. The normalized spacial score (nSPS) is 23.2. The fraction of sp³-hybridized carbons (Fsp3) is 0.786. The summed E-state index contributed by atoms with van der Waals surface area (Å²) in [6.07, 6.45) is 6.27. The summed E-state index contributed by atoms with van der Waals surface area (Å²) in [7, 11) is 0. The van der Waals surface area contributed by atoms with E-state index in [1.807, 2.05) is 6.20 Å². The second kappa shape index (κ2) is 6.83. The van der Waals surface area contributed by atoms with Crippen molar-refractivity contribution in [2.24, 2.45) is 0 Å². The van der Waals surface area contributed by atoms with Gasteiger partial charge in [-0.2, -0.15) is 11.8 Å². The van der Waals surface area contributed by atoms with E-state index in [4.69, 9.17) is 0 Å². The standard InChI is InChI=1S/C14H24N4OS/c19-14-15-3-4-18(14)10-7-16-5-8-17(9-6-16)13-1-11-20-12-2-13/h3-4,13H,1-2,5-12H2,(H,15,19). The van der Waals surface area contributed by atoms with E-state index in [0.29, 0.717) is 0 Å². The Morgan fingerprint density at radius 3 is 2.55 bits per heavy atom. The Balaban J connectivity index is 1.42. The fourth-order valence-corrected chi connectivity index (χ4v) is 4.26. The molecule has 2 saturated heterocycles. The van der Waals surface area contributed by atoms with Crippen molar-refractivity contribution in [3.63, 3.8) is 0 Å². The molecule has 3 heterocycles. The Hall–Kier alpha value is -0.720. The minimum absolute atomic E-state index is 0.00309. The second-order valence-electron chi connectivity index (χ2n) is 5.68. The molecular formula is C14H24N4OS. The van der Waals surface area contributed by atoms with Crippen LogP contribution in [0.15, 0.2) is 17.2 Å². The molecule has 0 radical (unpaired) electrons. The SMILES string of the molecule is O=c1[nH]ccn1CCN1CCN(C2CCSCC2)CC1. The number of hydrogen-bond donors (Lipinski definition) is 1. The first kappa shape index (κ1) is 14.2. The molecule has 0 atom stereocenters. The summed E-state index contributed by atoms with van der Waals surface area (Å²) in [6, 6.07) is 0.825. The third-order valence-electron chi connectivity index (χ3n) is 4.49. The van der Waals surface area contributed by atoms with Gasteiger partial charge >= 0.3 is 5.69 Å². The molecule has 0 spiro atoms. The van der Waals surface area contributed by atoms with E-state index >= 15 is 0 Å². The number of H-pyrrole nitrogens is 1. The van der Waals surface area contributed by atoms with Gasteiger partial charge in [0.2, 0.25) is 0 Å². The first-order valence-electron chi connectivity index (χ1n) is 7.61.